The van der Waals surface area contributed by atoms with Crippen molar-refractivity contribution in [3.05, 3.63) is 47.8 Å². The smallest absolute Gasteiger partial charge is 0.203 e. The Morgan fingerprint density at radius 3 is 2.47 bits per heavy atom. The van der Waals surface area contributed by atoms with Crippen molar-refractivity contribution < 1.29 is 0 Å². The molecule has 3 nitrogen and oxygen atoms in total. The van der Waals surface area contributed by atoms with Crippen LogP contribution in [-0.2, 0) is 19.5 Å². The average Bonchev–Trinajstić information content (AvgIpc) is 2.84. The maximum absolute atomic E-state index is 4.29. The minimum atomic E-state index is 0.820. The van der Waals surface area contributed by atoms with E-state index in [0.29, 0.717) is 0 Å². The summed E-state index contributed by atoms with van der Waals surface area (Å²) in [5.74, 6) is 0.937. The monoisotopic (exact) mass is 229 g/mol. The van der Waals surface area contributed by atoms with Gasteiger partial charge in [0, 0.05) is 25.5 Å². The van der Waals surface area contributed by atoms with Gasteiger partial charge < -0.3 is 9.88 Å². The first-order valence-electron chi connectivity index (χ1n) is 6.16. The van der Waals surface area contributed by atoms with Crippen LogP contribution in [0.3, 0.4) is 0 Å². The van der Waals surface area contributed by atoms with Crippen LogP contribution in [0.15, 0.2) is 36.7 Å². The number of benzene rings is 1. The van der Waals surface area contributed by atoms with Crippen LogP contribution in [0, 0.1) is 0 Å². The van der Waals surface area contributed by atoms with Gasteiger partial charge in [-0.1, -0.05) is 31.2 Å². The molecule has 1 N–H and O–H groups in total. The molecule has 2 aromatic rings. The molecule has 0 aliphatic rings. The minimum absolute atomic E-state index is 0.820. The Labute approximate surface area is 103 Å². The highest BCUT2D eigenvalue weighted by molar-refractivity contribution is 5.30. The van der Waals surface area contributed by atoms with Crippen molar-refractivity contribution in [2.75, 3.05) is 5.32 Å². The summed E-state index contributed by atoms with van der Waals surface area (Å²) in [5, 5.41) is 3.35. The van der Waals surface area contributed by atoms with E-state index in [9.17, 15) is 0 Å². The van der Waals surface area contributed by atoms with Crippen LogP contribution in [0.4, 0.5) is 5.95 Å². The predicted molar refractivity (Wildman–Crippen MR) is 71.0 cm³/mol. The highest BCUT2D eigenvalue weighted by Gasteiger charge is 2.00. The Morgan fingerprint density at radius 2 is 1.82 bits per heavy atom. The lowest BCUT2D eigenvalue weighted by molar-refractivity contribution is 0.763. The third kappa shape index (κ3) is 2.87. The Morgan fingerprint density at radius 1 is 1.12 bits per heavy atom. The fourth-order valence-electron chi connectivity index (χ4n) is 1.81. The Balaban J connectivity index is 1.97. The Bertz CT molecular complexity index is 457. The van der Waals surface area contributed by atoms with Gasteiger partial charge in [0.15, 0.2) is 0 Å². The standard InChI is InChI=1S/C14H19N3/c1-3-12-5-7-13(8-6-12)11-16-14-15-9-10-17(14)4-2/h5-10H,3-4,11H2,1-2H3,(H,15,16). The number of hydrogen-bond donors (Lipinski definition) is 1. The molecular formula is C14H19N3. The summed E-state index contributed by atoms with van der Waals surface area (Å²) < 4.78 is 2.10. The van der Waals surface area contributed by atoms with E-state index in [1.165, 1.54) is 11.1 Å². The zero-order chi connectivity index (χ0) is 12.1. The molecule has 0 spiro atoms. The van der Waals surface area contributed by atoms with E-state index in [4.69, 9.17) is 0 Å². The van der Waals surface area contributed by atoms with Crippen molar-refractivity contribution in [1.29, 1.82) is 0 Å². The van der Waals surface area contributed by atoms with Crippen LogP contribution in [0.2, 0.25) is 0 Å². The lowest BCUT2D eigenvalue weighted by Crippen LogP contribution is -2.06. The molecule has 17 heavy (non-hydrogen) atoms. The lowest BCUT2D eigenvalue weighted by atomic mass is 10.1. The first kappa shape index (κ1) is 11.7. The van der Waals surface area contributed by atoms with Gasteiger partial charge >= 0.3 is 0 Å². The fourth-order valence-corrected chi connectivity index (χ4v) is 1.81. The molecule has 1 aromatic heterocycles. The fraction of sp³-hybridized carbons (Fsp3) is 0.357. The first-order chi connectivity index (χ1) is 8.33. The SMILES string of the molecule is CCc1ccc(CNc2nccn2CC)cc1. The molecule has 0 atom stereocenters. The molecule has 0 bridgehead atoms. The van der Waals surface area contributed by atoms with Gasteiger partial charge in [-0.05, 0) is 24.5 Å². The van der Waals surface area contributed by atoms with Gasteiger partial charge in [0.2, 0.25) is 5.95 Å². The number of nitrogens with zero attached hydrogens (tertiary/aromatic N) is 2. The molecule has 1 heterocycles. The molecule has 0 aliphatic carbocycles. The van der Waals surface area contributed by atoms with E-state index in [2.05, 4.69) is 53.0 Å². The lowest BCUT2D eigenvalue weighted by Gasteiger charge is -2.08. The topological polar surface area (TPSA) is 29.9 Å². The van der Waals surface area contributed by atoms with E-state index in [1.807, 2.05) is 12.4 Å². The van der Waals surface area contributed by atoms with E-state index in [-0.39, 0.29) is 0 Å². The van der Waals surface area contributed by atoms with Gasteiger partial charge in [-0.15, -0.1) is 0 Å². The highest BCUT2D eigenvalue weighted by atomic mass is 15.2. The summed E-state index contributed by atoms with van der Waals surface area (Å²) in [6, 6.07) is 8.71. The van der Waals surface area contributed by atoms with Crippen LogP contribution >= 0.6 is 0 Å². The maximum atomic E-state index is 4.29. The molecule has 2 rings (SSSR count). The highest BCUT2D eigenvalue weighted by Crippen LogP contribution is 2.09. The van der Waals surface area contributed by atoms with Gasteiger partial charge in [-0.25, -0.2) is 4.98 Å². The van der Waals surface area contributed by atoms with Crippen LogP contribution < -0.4 is 5.32 Å². The van der Waals surface area contributed by atoms with Crippen LogP contribution in [0.5, 0.6) is 0 Å². The second kappa shape index (κ2) is 5.53. The summed E-state index contributed by atoms with van der Waals surface area (Å²) in [5.41, 5.74) is 2.66. The van der Waals surface area contributed by atoms with Gasteiger partial charge in [0.1, 0.15) is 0 Å². The van der Waals surface area contributed by atoms with Crippen molar-refractivity contribution in [3.8, 4) is 0 Å². The molecule has 3 heteroatoms. The molecule has 0 saturated heterocycles. The minimum Gasteiger partial charge on any atom is -0.352 e. The third-order valence-electron chi connectivity index (χ3n) is 2.94. The molecule has 0 radical (unpaired) electrons. The molecule has 0 aliphatic heterocycles. The van der Waals surface area contributed by atoms with E-state index < -0.39 is 0 Å². The van der Waals surface area contributed by atoms with Gasteiger partial charge in [-0.2, -0.15) is 0 Å². The Kier molecular flexibility index (Phi) is 3.81. The average molecular weight is 229 g/mol. The number of aryl methyl sites for hydroxylation is 2. The van der Waals surface area contributed by atoms with Crippen molar-refractivity contribution in [3.63, 3.8) is 0 Å². The zero-order valence-corrected chi connectivity index (χ0v) is 10.5. The van der Waals surface area contributed by atoms with Crippen molar-refractivity contribution >= 4 is 5.95 Å². The van der Waals surface area contributed by atoms with E-state index in [0.717, 1.165) is 25.5 Å². The normalized spacial score (nSPS) is 10.5. The zero-order valence-electron chi connectivity index (χ0n) is 10.5. The molecule has 0 fully saturated rings. The van der Waals surface area contributed by atoms with Gasteiger partial charge in [0.05, 0.1) is 0 Å². The number of aromatic nitrogens is 2. The number of nitrogens with one attached hydrogen (secondary N) is 1. The van der Waals surface area contributed by atoms with Crippen molar-refractivity contribution in [2.45, 2.75) is 33.4 Å². The molecule has 0 unspecified atom stereocenters. The van der Waals surface area contributed by atoms with Crippen molar-refractivity contribution in [2.24, 2.45) is 0 Å². The van der Waals surface area contributed by atoms with E-state index >= 15 is 0 Å². The van der Waals surface area contributed by atoms with Crippen molar-refractivity contribution in [1.82, 2.24) is 9.55 Å². The largest absolute Gasteiger partial charge is 0.352 e. The number of imidazole rings is 1. The molecular weight excluding hydrogens is 210 g/mol. The predicted octanol–water partition coefficient (Wildman–Crippen LogP) is 3.08. The number of anilines is 1. The summed E-state index contributed by atoms with van der Waals surface area (Å²) in [4.78, 5) is 4.29. The second-order valence-corrected chi connectivity index (χ2v) is 4.06. The summed E-state index contributed by atoms with van der Waals surface area (Å²) >= 11 is 0. The third-order valence-corrected chi connectivity index (χ3v) is 2.94. The molecule has 90 valence electrons. The molecule has 0 amide bonds. The van der Waals surface area contributed by atoms with Gasteiger partial charge in [0.25, 0.3) is 0 Å². The first-order valence-corrected chi connectivity index (χ1v) is 6.16. The summed E-state index contributed by atoms with van der Waals surface area (Å²) in [7, 11) is 0. The molecule has 1 aromatic carbocycles. The number of rotatable bonds is 5. The second-order valence-electron chi connectivity index (χ2n) is 4.06. The molecule has 0 saturated carbocycles. The van der Waals surface area contributed by atoms with E-state index in [1.54, 1.807) is 0 Å². The summed E-state index contributed by atoms with van der Waals surface area (Å²) in [6.45, 7) is 6.05. The van der Waals surface area contributed by atoms with Crippen LogP contribution in [0.1, 0.15) is 25.0 Å². The van der Waals surface area contributed by atoms with Gasteiger partial charge in [-0.3, -0.25) is 0 Å². The number of hydrogen-bond acceptors (Lipinski definition) is 2. The maximum Gasteiger partial charge on any atom is 0.203 e. The van der Waals surface area contributed by atoms with Crippen LogP contribution in [0.25, 0.3) is 0 Å². The quantitative estimate of drug-likeness (QED) is 0.854. The summed E-state index contributed by atoms with van der Waals surface area (Å²) in [6.07, 6.45) is 4.91. The Hall–Kier alpha value is -1.77. The van der Waals surface area contributed by atoms with Crippen LogP contribution in [-0.4, -0.2) is 9.55 Å².